The molecule has 0 saturated heterocycles. The van der Waals surface area contributed by atoms with Gasteiger partial charge >= 0.3 is 0 Å². The first-order chi connectivity index (χ1) is 15.2. The zero-order chi connectivity index (χ0) is 23.1. The average molecular weight is 447 g/mol. The van der Waals surface area contributed by atoms with Crippen LogP contribution in [0.1, 0.15) is 105 Å². The molecule has 4 saturated carbocycles. The molecule has 184 valence electrons. The van der Waals surface area contributed by atoms with Crippen molar-refractivity contribution >= 4 is 5.78 Å². The Bertz CT molecular complexity index is 659. The Morgan fingerprint density at radius 3 is 2.47 bits per heavy atom. The molecule has 0 heterocycles. The largest absolute Gasteiger partial charge is 0.359 e. The van der Waals surface area contributed by atoms with Crippen LogP contribution in [0.3, 0.4) is 0 Å². The van der Waals surface area contributed by atoms with Gasteiger partial charge in [-0.15, -0.1) is 0 Å². The third-order valence-electron chi connectivity index (χ3n) is 11.3. The summed E-state index contributed by atoms with van der Waals surface area (Å²) in [6.45, 7) is 12.2. The minimum Gasteiger partial charge on any atom is -0.359 e. The molecule has 4 aliphatic rings. The predicted molar refractivity (Wildman–Crippen MR) is 130 cm³/mol. The van der Waals surface area contributed by atoms with Gasteiger partial charge in [-0.2, -0.15) is 0 Å². The van der Waals surface area contributed by atoms with E-state index in [1.165, 1.54) is 57.8 Å². The van der Waals surface area contributed by atoms with Gasteiger partial charge in [0.1, 0.15) is 12.6 Å². The summed E-state index contributed by atoms with van der Waals surface area (Å²) in [6.07, 6.45) is 14.6. The van der Waals surface area contributed by atoms with Crippen LogP contribution in [0.25, 0.3) is 0 Å². The summed E-state index contributed by atoms with van der Waals surface area (Å²) in [5.41, 5.74) is 0.802. The van der Waals surface area contributed by atoms with Crippen molar-refractivity contribution in [1.82, 2.24) is 0 Å². The van der Waals surface area contributed by atoms with Crippen molar-refractivity contribution in [1.29, 1.82) is 0 Å². The molecule has 0 radical (unpaired) electrons. The van der Waals surface area contributed by atoms with Crippen molar-refractivity contribution < 1.29 is 14.3 Å². The van der Waals surface area contributed by atoms with Crippen molar-refractivity contribution in [2.75, 3.05) is 13.9 Å². The Kier molecular flexibility index (Phi) is 7.48. The summed E-state index contributed by atoms with van der Waals surface area (Å²) in [7, 11) is 1.76. The monoisotopic (exact) mass is 446 g/mol. The standard InChI is InChI=1S/C29H50O3/c1-19(2)26(30)15-10-20(3)23-13-14-24-22-12-11-21-8-7-9-27(32-18-31-6)29(21,5)25(22)16-17-28(23,24)4/h19-25,27H,7-18H2,1-6H3/t20-,21+,22+,23-,24-,25-,27?,28+,29-/m0/s1. The number of methoxy groups -OCH3 is 1. The Balaban J connectivity index is 1.49. The Hall–Kier alpha value is -0.410. The van der Waals surface area contributed by atoms with Gasteiger partial charge in [0.05, 0.1) is 6.10 Å². The van der Waals surface area contributed by atoms with Crippen LogP contribution in [-0.2, 0) is 14.3 Å². The molecular formula is C29H50O3. The van der Waals surface area contributed by atoms with E-state index in [0.29, 0.717) is 35.4 Å². The van der Waals surface area contributed by atoms with Crippen LogP contribution in [0.4, 0.5) is 0 Å². The van der Waals surface area contributed by atoms with Gasteiger partial charge in [0, 0.05) is 19.4 Å². The molecule has 4 aliphatic carbocycles. The topological polar surface area (TPSA) is 35.5 Å². The third kappa shape index (κ3) is 4.12. The van der Waals surface area contributed by atoms with Gasteiger partial charge in [-0.3, -0.25) is 4.79 Å². The van der Waals surface area contributed by atoms with E-state index in [1.54, 1.807) is 7.11 Å². The molecule has 3 heteroatoms. The van der Waals surface area contributed by atoms with Crippen LogP contribution in [0.15, 0.2) is 0 Å². The van der Waals surface area contributed by atoms with E-state index >= 15 is 0 Å². The van der Waals surface area contributed by atoms with Crippen molar-refractivity contribution in [3.05, 3.63) is 0 Å². The Morgan fingerprint density at radius 1 is 0.969 bits per heavy atom. The lowest BCUT2D eigenvalue weighted by atomic mass is 9.44. The minimum atomic E-state index is 0.184. The summed E-state index contributed by atoms with van der Waals surface area (Å²) >= 11 is 0. The normalized spacial score (nSPS) is 44.6. The quantitative estimate of drug-likeness (QED) is 0.368. The third-order valence-corrected chi connectivity index (χ3v) is 11.3. The van der Waals surface area contributed by atoms with E-state index in [-0.39, 0.29) is 5.92 Å². The zero-order valence-electron chi connectivity index (χ0n) is 21.8. The summed E-state index contributed by atoms with van der Waals surface area (Å²) in [5.74, 6) is 5.50. The van der Waals surface area contributed by atoms with Crippen LogP contribution in [0.2, 0.25) is 0 Å². The second-order valence-electron chi connectivity index (χ2n) is 12.9. The van der Waals surface area contributed by atoms with Gasteiger partial charge in [-0.1, -0.05) is 41.0 Å². The maximum atomic E-state index is 12.3. The molecule has 9 atom stereocenters. The van der Waals surface area contributed by atoms with E-state index in [1.807, 2.05) is 13.8 Å². The number of carbonyl (C=O) groups is 1. The number of carbonyl (C=O) groups excluding carboxylic acids is 1. The molecule has 0 N–H and O–H groups in total. The number of fused-ring (bicyclic) bond motifs is 5. The second-order valence-corrected chi connectivity index (χ2v) is 12.9. The summed E-state index contributed by atoms with van der Waals surface area (Å²) in [6, 6.07) is 0. The molecule has 4 fully saturated rings. The molecule has 0 aromatic heterocycles. The van der Waals surface area contributed by atoms with Crippen molar-refractivity contribution in [2.45, 2.75) is 111 Å². The van der Waals surface area contributed by atoms with Gasteiger partial charge in [0.2, 0.25) is 0 Å². The number of Topliss-reactive ketones (excluding diaryl/α,β-unsaturated/α-hetero) is 1. The van der Waals surface area contributed by atoms with Crippen LogP contribution >= 0.6 is 0 Å². The SMILES string of the molecule is COCOC1CCC[C@@H]2CC[C@@H]3[C@@H]4CC[C@@H]([C@@H](C)CCC(=O)C(C)C)[C@@]4(C)CC[C@@H]3[C@@]12C. The number of hydrogen-bond acceptors (Lipinski definition) is 3. The van der Waals surface area contributed by atoms with Crippen LogP contribution in [0, 0.1) is 52.3 Å². The van der Waals surface area contributed by atoms with Gasteiger partial charge in [-0.05, 0) is 104 Å². The van der Waals surface area contributed by atoms with Gasteiger partial charge in [0.25, 0.3) is 0 Å². The molecule has 32 heavy (non-hydrogen) atoms. The molecular weight excluding hydrogens is 396 g/mol. The molecule has 0 aromatic carbocycles. The van der Waals surface area contributed by atoms with E-state index in [4.69, 9.17) is 9.47 Å². The zero-order valence-corrected chi connectivity index (χ0v) is 21.8. The average Bonchev–Trinajstić information content (AvgIpc) is 3.12. The Labute approximate surface area is 197 Å². The van der Waals surface area contributed by atoms with E-state index in [9.17, 15) is 4.79 Å². The highest BCUT2D eigenvalue weighted by Gasteiger charge is 2.62. The molecule has 0 aliphatic heterocycles. The first-order valence-corrected chi connectivity index (χ1v) is 13.9. The fourth-order valence-corrected chi connectivity index (χ4v) is 9.54. The molecule has 0 spiro atoms. The molecule has 0 bridgehead atoms. The maximum absolute atomic E-state index is 12.3. The molecule has 1 unspecified atom stereocenters. The van der Waals surface area contributed by atoms with Crippen molar-refractivity contribution in [3.8, 4) is 0 Å². The summed E-state index contributed by atoms with van der Waals surface area (Å²) in [5, 5.41) is 0. The lowest BCUT2D eigenvalue weighted by Crippen LogP contribution is -2.58. The predicted octanol–water partition coefficient (Wildman–Crippen LogP) is 7.28. The van der Waals surface area contributed by atoms with Crippen molar-refractivity contribution in [2.24, 2.45) is 52.3 Å². The van der Waals surface area contributed by atoms with Gasteiger partial charge in [0.15, 0.2) is 0 Å². The fourth-order valence-electron chi connectivity index (χ4n) is 9.54. The first-order valence-electron chi connectivity index (χ1n) is 13.9. The van der Waals surface area contributed by atoms with E-state index < -0.39 is 0 Å². The second kappa shape index (κ2) is 9.68. The molecule has 0 aromatic rings. The number of ketones is 1. The fraction of sp³-hybridized carbons (Fsp3) is 0.966. The number of ether oxygens (including phenoxy) is 2. The van der Waals surface area contributed by atoms with Crippen LogP contribution in [0.5, 0.6) is 0 Å². The lowest BCUT2D eigenvalue weighted by Gasteiger charge is -2.62. The molecule has 0 amide bonds. The summed E-state index contributed by atoms with van der Waals surface area (Å²) < 4.78 is 11.7. The van der Waals surface area contributed by atoms with Gasteiger partial charge in [-0.25, -0.2) is 0 Å². The highest BCUT2D eigenvalue weighted by Crippen LogP contribution is 2.68. The first kappa shape index (κ1) is 24.7. The smallest absolute Gasteiger partial charge is 0.146 e. The minimum absolute atomic E-state index is 0.184. The van der Waals surface area contributed by atoms with Crippen molar-refractivity contribution in [3.63, 3.8) is 0 Å². The summed E-state index contributed by atoms with van der Waals surface area (Å²) in [4.78, 5) is 12.3. The van der Waals surface area contributed by atoms with Crippen LogP contribution < -0.4 is 0 Å². The van der Waals surface area contributed by atoms with E-state index in [0.717, 1.165) is 42.4 Å². The van der Waals surface area contributed by atoms with Gasteiger partial charge < -0.3 is 9.47 Å². The highest BCUT2D eigenvalue weighted by molar-refractivity contribution is 5.80. The lowest BCUT2D eigenvalue weighted by molar-refractivity contribution is -0.204. The molecule has 3 nitrogen and oxygen atoms in total. The number of hydrogen-bond donors (Lipinski definition) is 0. The maximum Gasteiger partial charge on any atom is 0.146 e. The highest BCUT2D eigenvalue weighted by atomic mass is 16.7. The number of rotatable bonds is 8. The van der Waals surface area contributed by atoms with Crippen LogP contribution in [-0.4, -0.2) is 25.8 Å². The van der Waals surface area contributed by atoms with E-state index in [2.05, 4.69) is 20.8 Å². The Morgan fingerprint density at radius 2 is 1.75 bits per heavy atom. The molecule has 4 rings (SSSR count).